The summed E-state index contributed by atoms with van der Waals surface area (Å²) >= 11 is 13.2. The SMILES string of the molecule is O=C(CN(Cc1ccccc1)C(=O)[C@H](Cc1ccc(F)c(F)c1)NC(=O)Nc1ccc2c(CN3CCCC3)cn(Cc3c(Cl)cccc3Cl)c2c1)NCc1ccccc1. The Balaban J connectivity index is 1.15. The van der Waals surface area contributed by atoms with Gasteiger partial charge in [0.15, 0.2) is 11.6 Å². The van der Waals surface area contributed by atoms with Crippen LogP contribution in [0.2, 0.25) is 10.0 Å². The number of nitrogens with one attached hydrogen (secondary N) is 3. The van der Waals surface area contributed by atoms with Crippen molar-refractivity contribution in [3.63, 3.8) is 0 Å². The summed E-state index contributed by atoms with van der Waals surface area (Å²) in [5.41, 5.74) is 5.11. The number of benzene rings is 5. The molecular weight excluding hydrogens is 793 g/mol. The molecule has 7 rings (SSSR count). The second kappa shape index (κ2) is 19.3. The van der Waals surface area contributed by atoms with Crippen LogP contribution in [0.1, 0.15) is 40.7 Å². The zero-order chi connectivity index (χ0) is 41.3. The van der Waals surface area contributed by atoms with E-state index in [2.05, 4.69) is 31.6 Å². The van der Waals surface area contributed by atoms with Crippen LogP contribution in [-0.2, 0) is 42.2 Å². The summed E-state index contributed by atoms with van der Waals surface area (Å²) in [7, 11) is 0. The number of nitrogens with zero attached hydrogens (tertiary/aromatic N) is 3. The maximum Gasteiger partial charge on any atom is 0.319 e. The number of carbonyl (C=O) groups is 3. The Kier molecular flexibility index (Phi) is 13.6. The number of urea groups is 1. The molecule has 1 fully saturated rings. The van der Waals surface area contributed by atoms with E-state index in [0.29, 0.717) is 22.3 Å². The minimum atomic E-state index is -1.27. The summed E-state index contributed by atoms with van der Waals surface area (Å²) in [6, 6.07) is 30.9. The third kappa shape index (κ3) is 10.9. The third-order valence-corrected chi connectivity index (χ3v) is 11.1. The van der Waals surface area contributed by atoms with Gasteiger partial charge in [0.1, 0.15) is 6.04 Å². The van der Waals surface area contributed by atoms with E-state index in [1.165, 1.54) is 11.0 Å². The molecule has 3 N–H and O–H groups in total. The molecule has 0 aliphatic carbocycles. The predicted molar refractivity (Wildman–Crippen MR) is 228 cm³/mol. The molecule has 1 saturated heterocycles. The van der Waals surface area contributed by atoms with Crippen LogP contribution in [0.3, 0.4) is 0 Å². The Morgan fingerprint density at radius 1 is 0.746 bits per heavy atom. The molecule has 0 radical (unpaired) electrons. The lowest BCUT2D eigenvalue weighted by atomic mass is 10.0. The van der Waals surface area contributed by atoms with E-state index in [1.807, 2.05) is 72.8 Å². The van der Waals surface area contributed by atoms with Crippen molar-refractivity contribution in [2.45, 2.75) is 51.5 Å². The van der Waals surface area contributed by atoms with Gasteiger partial charge in [-0.15, -0.1) is 0 Å². The fourth-order valence-corrected chi connectivity index (χ4v) is 7.94. The van der Waals surface area contributed by atoms with Crippen LogP contribution >= 0.6 is 23.2 Å². The van der Waals surface area contributed by atoms with Crippen molar-refractivity contribution in [3.8, 4) is 0 Å². The van der Waals surface area contributed by atoms with Gasteiger partial charge < -0.3 is 25.4 Å². The molecule has 2 heterocycles. The van der Waals surface area contributed by atoms with Gasteiger partial charge in [-0.1, -0.05) is 102 Å². The number of aromatic nitrogens is 1. The Bertz CT molecular complexity index is 2400. The van der Waals surface area contributed by atoms with E-state index in [4.69, 9.17) is 23.2 Å². The molecule has 0 unspecified atom stereocenters. The maximum atomic E-state index is 14.5. The molecule has 4 amide bonds. The topological polar surface area (TPSA) is 98.7 Å². The number of likely N-dealkylation sites (tertiary alicyclic amines) is 1. The molecule has 0 saturated carbocycles. The highest BCUT2D eigenvalue weighted by Crippen LogP contribution is 2.31. The number of hydrogen-bond donors (Lipinski definition) is 3. The predicted octanol–water partition coefficient (Wildman–Crippen LogP) is 8.95. The van der Waals surface area contributed by atoms with Gasteiger partial charge in [-0.3, -0.25) is 14.5 Å². The highest BCUT2D eigenvalue weighted by Gasteiger charge is 2.29. The molecule has 13 heteroatoms. The Labute approximate surface area is 351 Å². The molecule has 59 heavy (non-hydrogen) atoms. The standard InChI is InChI=1S/C46H44Cl2F2N6O3/c47-38-14-9-15-39(48)37(38)29-55-28-34(27-54-20-7-8-21-54)36-18-17-35(24-43(36)55)52-46(59)53-42(23-33-16-19-40(49)41(50)22-33)45(58)56(26-32-12-5-2-6-13-32)30-44(57)51-25-31-10-3-1-4-11-31/h1-6,9-19,22,24,28,42H,7-8,20-21,23,25-27,29-30H2,(H,51,57)(H2,52,53,59)/t42-/m0/s1. The highest BCUT2D eigenvalue weighted by molar-refractivity contribution is 6.36. The van der Waals surface area contributed by atoms with Gasteiger partial charge in [0.2, 0.25) is 11.8 Å². The van der Waals surface area contributed by atoms with Gasteiger partial charge in [0.05, 0.1) is 18.6 Å². The third-order valence-electron chi connectivity index (χ3n) is 10.4. The summed E-state index contributed by atoms with van der Waals surface area (Å²) < 4.78 is 30.5. The molecule has 9 nitrogen and oxygen atoms in total. The van der Waals surface area contributed by atoms with E-state index in [9.17, 15) is 23.2 Å². The van der Waals surface area contributed by atoms with Crippen molar-refractivity contribution in [3.05, 3.63) is 171 Å². The molecule has 1 atom stereocenters. The Morgan fingerprint density at radius 2 is 1.44 bits per heavy atom. The number of rotatable bonds is 15. The number of carbonyl (C=O) groups excluding carboxylic acids is 3. The fraction of sp³-hybridized carbons (Fsp3) is 0.239. The summed E-state index contributed by atoms with van der Waals surface area (Å²) in [6.07, 6.45) is 4.23. The summed E-state index contributed by atoms with van der Waals surface area (Å²) in [5.74, 6) is -3.12. The van der Waals surface area contributed by atoms with Crippen molar-refractivity contribution in [2.24, 2.45) is 0 Å². The first-order valence-electron chi connectivity index (χ1n) is 19.5. The summed E-state index contributed by atoms with van der Waals surface area (Å²) in [6.45, 7) is 3.20. The minimum Gasteiger partial charge on any atom is -0.350 e. The monoisotopic (exact) mass is 836 g/mol. The van der Waals surface area contributed by atoms with Crippen molar-refractivity contribution in [1.29, 1.82) is 0 Å². The molecule has 1 aliphatic heterocycles. The molecular formula is C46H44Cl2F2N6O3. The number of fused-ring (bicyclic) bond motifs is 1. The molecule has 1 aliphatic rings. The first-order valence-corrected chi connectivity index (χ1v) is 20.3. The largest absolute Gasteiger partial charge is 0.350 e. The minimum absolute atomic E-state index is 0.0544. The average molecular weight is 838 g/mol. The van der Waals surface area contributed by atoms with E-state index in [1.54, 1.807) is 24.3 Å². The van der Waals surface area contributed by atoms with Gasteiger partial charge in [-0.25, -0.2) is 13.6 Å². The van der Waals surface area contributed by atoms with Gasteiger partial charge >= 0.3 is 6.03 Å². The first-order chi connectivity index (χ1) is 28.6. The highest BCUT2D eigenvalue weighted by atomic mass is 35.5. The van der Waals surface area contributed by atoms with Gasteiger partial charge in [0, 0.05) is 58.9 Å². The second-order valence-electron chi connectivity index (χ2n) is 14.7. The lowest BCUT2D eigenvalue weighted by molar-refractivity contribution is -0.138. The second-order valence-corrected chi connectivity index (χ2v) is 15.6. The zero-order valence-corrected chi connectivity index (χ0v) is 33.8. The molecule has 0 spiro atoms. The first kappa shape index (κ1) is 41.4. The van der Waals surface area contributed by atoms with Gasteiger partial charge in [-0.2, -0.15) is 0 Å². The van der Waals surface area contributed by atoms with Gasteiger partial charge in [0.25, 0.3) is 0 Å². The molecule has 6 aromatic rings. The fourth-order valence-electron chi connectivity index (χ4n) is 7.43. The van der Waals surface area contributed by atoms with E-state index in [0.717, 1.165) is 77.8 Å². The van der Waals surface area contributed by atoms with Crippen LogP contribution in [0.15, 0.2) is 121 Å². The van der Waals surface area contributed by atoms with Crippen molar-refractivity contribution < 1.29 is 23.2 Å². The molecule has 1 aromatic heterocycles. The Morgan fingerprint density at radius 3 is 2.14 bits per heavy atom. The molecule has 0 bridgehead atoms. The number of anilines is 1. The lowest BCUT2D eigenvalue weighted by Gasteiger charge is -2.28. The lowest BCUT2D eigenvalue weighted by Crippen LogP contribution is -2.52. The number of amides is 4. The van der Waals surface area contributed by atoms with Crippen LogP contribution in [0.25, 0.3) is 10.9 Å². The van der Waals surface area contributed by atoms with Crippen LogP contribution in [0.5, 0.6) is 0 Å². The van der Waals surface area contributed by atoms with Crippen molar-refractivity contribution in [2.75, 3.05) is 25.0 Å². The Hall–Kier alpha value is -5.75. The average Bonchev–Trinajstić information content (AvgIpc) is 3.87. The normalized spacial score (nSPS) is 13.3. The summed E-state index contributed by atoms with van der Waals surface area (Å²) in [5, 5.41) is 10.6. The van der Waals surface area contributed by atoms with E-state index in [-0.39, 0.29) is 31.6 Å². The number of hydrogen-bond acceptors (Lipinski definition) is 4. The number of halogens is 4. The zero-order valence-electron chi connectivity index (χ0n) is 32.3. The van der Waals surface area contributed by atoms with Crippen molar-refractivity contribution >= 4 is 57.6 Å². The van der Waals surface area contributed by atoms with Gasteiger partial charge in [-0.05, 0) is 84.6 Å². The van der Waals surface area contributed by atoms with Crippen LogP contribution in [0, 0.1) is 11.6 Å². The van der Waals surface area contributed by atoms with E-state index >= 15 is 0 Å². The van der Waals surface area contributed by atoms with Crippen molar-refractivity contribution in [1.82, 2.24) is 25.0 Å². The maximum absolute atomic E-state index is 14.5. The molecule has 5 aromatic carbocycles. The quantitative estimate of drug-likeness (QED) is 0.0963. The van der Waals surface area contributed by atoms with Crippen LogP contribution in [-0.4, -0.2) is 57.9 Å². The summed E-state index contributed by atoms with van der Waals surface area (Å²) in [4.78, 5) is 45.5. The van der Waals surface area contributed by atoms with Crippen LogP contribution < -0.4 is 16.0 Å². The molecule has 304 valence electrons. The van der Waals surface area contributed by atoms with E-state index < -0.39 is 35.5 Å². The smallest absolute Gasteiger partial charge is 0.319 e. The van der Waals surface area contributed by atoms with Crippen LogP contribution in [0.4, 0.5) is 19.3 Å².